The molecule has 2 aliphatic heterocycles. The summed E-state index contributed by atoms with van der Waals surface area (Å²) in [5.74, 6) is -4.30. The van der Waals surface area contributed by atoms with Gasteiger partial charge in [0.2, 0.25) is 12.2 Å². The number of nitrogens with two attached hydrogens (primary N) is 1. The number of carboxylic acid groups (broad SMARTS) is 1. The largest absolute Gasteiger partial charge is 0.480 e. The van der Waals surface area contributed by atoms with Crippen molar-refractivity contribution in [2.45, 2.75) is 61.6 Å². The predicted molar refractivity (Wildman–Crippen MR) is 125 cm³/mol. The first kappa shape index (κ1) is 29.7. The highest BCUT2D eigenvalue weighted by atomic mass is 16.7. The first-order valence-electron chi connectivity index (χ1n) is 11.4. The fourth-order valence-corrected chi connectivity index (χ4v) is 4.01. The monoisotopic (exact) mass is 556 g/mol. The number of hydrogen-bond donors (Lipinski definition) is 7. The molecule has 0 spiro atoms. The van der Waals surface area contributed by atoms with E-state index in [1.54, 1.807) is 0 Å². The molecule has 39 heavy (non-hydrogen) atoms. The minimum absolute atomic E-state index is 0.136. The molecule has 3 rings (SSSR count). The lowest BCUT2D eigenvalue weighted by Crippen LogP contribution is -2.54. The molecule has 0 bridgehead atoms. The van der Waals surface area contributed by atoms with Crippen molar-refractivity contribution in [3.63, 3.8) is 0 Å². The van der Waals surface area contributed by atoms with Crippen molar-refractivity contribution in [1.29, 1.82) is 0 Å². The molecule has 0 radical (unpaired) electrons. The number of rotatable bonds is 11. The van der Waals surface area contributed by atoms with Gasteiger partial charge in [0.05, 0.1) is 0 Å². The van der Waals surface area contributed by atoms with Crippen LogP contribution in [0.2, 0.25) is 0 Å². The van der Waals surface area contributed by atoms with Crippen LogP contribution >= 0.6 is 0 Å². The van der Waals surface area contributed by atoms with Gasteiger partial charge in [-0.15, -0.1) is 6.58 Å². The van der Waals surface area contributed by atoms with E-state index in [1.807, 2.05) is 4.98 Å². The lowest BCUT2D eigenvalue weighted by atomic mass is 10.0. The maximum Gasteiger partial charge on any atom is 0.330 e. The number of aromatic amines is 1. The van der Waals surface area contributed by atoms with Crippen molar-refractivity contribution in [3.05, 3.63) is 57.6 Å². The zero-order valence-electron chi connectivity index (χ0n) is 20.4. The zero-order chi connectivity index (χ0) is 29.0. The van der Waals surface area contributed by atoms with Crippen LogP contribution in [0.1, 0.15) is 12.6 Å². The van der Waals surface area contributed by atoms with Crippen LogP contribution in [0.3, 0.4) is 0 Å². The number of nitrogens with zero attached hydrogens (tertiary/aromatic N) is 1. The van der Waals surface area contributed by atoms with Crippen LogP contribution in [0.15, 0.2) is 46.3 Å². The smallest absolute Gasteiger partial charge is 0.330 e. The molecular formula is C22H28N4O13. The summed E-state index contributed by atoms with van der Waals surface area (Å²) in [7, 11) is 1.16. The fraction of sp³-hybridized carbons (Fsp3) is 0.500. The van der Waals surface area contributed by atoms with Crippen LogP contribution in [0.4, 0.5) is 0 Å². The van der Waals surface area contributed by atoms with Crippen molar-refractivity contribution in [2.75, 3.05) is 7.11 Å². The van der Waals surface area contributed by atoms with E-state index in [1.165, 1.54) is 6.08 Å². The molecule has 0 aromatic carbocycles. The summed E-state index contributed by atoms with van der Waals surface area (Å²) in [6, 6.07) is -0.393. The Balaban J connectivity index is 1.84. The molecule has 1 aromatic heterocycles. The first-order valence-corrected chi connectivity index (χ1v) is 11.4. The maximum atomic E-state index is 12.6. The van der Waals surface area contributed by atoms with Gasteiger partial charge in [0.1, 0.15) is 36.6 Å². The number of amides is 2. The standard InChI is InChI=1S/C22H28N4O13/c1-3-4-8(20(33)34)24-18(32)10-7-9(27)12(29)21(37-10)39-16(17(23)31)15-14(36-2)13(30)19(38-15)26-6-5-11(28)25-22(26)35/h3,5-9,12-16,19,21,27,29-30H,1,4H2,2H3,(H2,23,31)(H,24,32)(H,33,34)(H,25,28,35)/t8?,9-,12-,13+,14-,15-,16-,19+,21+/m0/s1. The lowest BCUT2D eigenvalue weighted by Gasteiger charge is -2.35. The Morgan fingerprint density at radius 3 is 2.54 bits per heavy atom. The van der Waals surface area contributed by atoms with E-state index in [2.05, 4.69) is 11.9 Å². The molecule has 214 valence electrons. The number of H-pyrrole nitrogens is 1. The van der Waals surface area contributed by atoms with E-state index in [4.69, 9.17) is 24.7 Å². The number of ether oxygens (including phenoxy) is 4. The Labute approximate surface area is 219 Å². The van der Waals surface area contributed by atoms with Crippen molar-refractivity contribution in [3.8, 4) is 0 Å². The maximum absolute atomic E-state index is 12.6. The zero-order valence-corrected chi connectivity index (χ0v) is 20.4. The number of aliphatic hydroxyl groups is 3. The number of hydrogen-bond acceptors (Lipinski definition) is 12. The Morgan fingerprint density at radius 1 is 1.28 bits per heavy atom. The molecule has 8 N–H and O–H groups in total. The molecule has 17 nitrogen and oxygen atoms in total. The number of carboxylic acids is 1. The Hall–Kier alpha value is -3.87. The molecule has 1 fully saturated rings. The number of primary amides is 1. The van der Waals surface area contributed by atoms with Crippen LogP contribution in [0, 0.1) is 0 Å². The quantitative estimate of drug-likeness (QED) is 0.128. The average Bonchev–Trinajstić information content (AvgIpc) is 3.19. The number of carbonyl (C=O) groups is 3. The minimum atomic E-state index is -1.92. The fourth-order valence-electron chi connectivity index (χ4n) is 4.01. The van der Waals surface area contributed by atoms with Gasteiger partial charge in [-0.1, -0.05) is 6.08 Å². The van der Waals surface area contributed by atoms with Crippen LogP contribution < -0.4 is 22.3 Å². The number of nitrogens with one attached hydrogen (secondary N) is 2. The van der Waals surface area contributed by atoms with Gasteiger partial charge in [-0.25, -0.2) is 9.59 Å². The summed E-state index contributed by atoms with van der Waals surface area (Å²) in [6.07, 6.45) is -10.4. The molecule has 17 heteroatoms. The molecular weight excluding hydrogens is 528 g/mol. The second-order valence-electron chi connectivity index (χ2n) is 8.55. The van der Waals surface area contributed by atoms with Crippen LogP contribution in [-0.4, -0.2) is 104 Å². The van der Waals surface area contributed by atoms with E-state index >= 15 is 0 Å². The summed E-state index contributed by atoms with van der Waals surface area (Å²) in [5.41, 5.74) is 3.82. The van der Waals surface area contributed by atoms with Gasteiger partial charge in [-0.05, 0) is 12.5 Å². The van der Waals surface area contributed by atoms with Crippen molar-refractivity contribution >= 4 is 17.8 Å². The summed E-state index contributed by atoms with van der Waals surface area (Å²) < 4.78 is 22.5. The molecule has 1 unspecified atom stereocenters. The van der Waals surface area contributed by atoms with Crippen molar-refractivity contribution < 1.29 is 53.8 Å². The summed E-state index contributed by atoms with van der Waals surface area (Å²) in [6.45, 7) is 3.40. The first-order chi connectivity index (χ1) is 18.4. The number of methoxy groups -OCH3 is 1. The van der Waals surface area contributed by atoms with E-state index in [-0.39, 0.29) is 6.42 Å². The number of carbonyl (C=O) groups excluding carboxylic acids is 2. The predicted octanol–water partition coefficient (Wildman–Crippen LogP) is -4.21. The number of aliphatic carboxylic acids is 1. The summed E-state index contributed by atoms with van der Waals surface area (Å²) in [5, 5.41) is 42.8. The molecule has 3 heterocycles. The van der Waals surface area contributed by atoms with Crippen LogP contribution in [-0.2, 0) is 33.3 Å². The SMILES string of the molecule is C=CCC(NC(=O)C1=C[C@H](O)[C@H](O)[C@@H](O[C@H](C(N)=O)[C@H]2O[C@@H](n3ccc(=O)[nH]c3=O)[C@H](O)[C@@H]2OC)O1)C(=O)O. The molecule has 2 amide bonds. The van der Waals surface area contributed by atoms with Crippen molar-refractivity contribution in [2.24, 2.45) is 5.73 Å². The minimum Gasteiger partial charge on any atom is -0.480 e. The van der Waals surface area contributed by atoms with Crippen LogP contribution in [0.5, 0.6) is 0 Å². The summed E-state index contributed by atoms with van der Waals surface area (Å²) >= 11 is 0. The average molecular weight is 556 g/mol. The van der Waals surface area contributed by atoms with Gasteiger partial charge >= 0.3 is 11.7 Å². The van der Waals surface area contributed by atoms with Gasteiger partial charge in [-0.3, -0.25) is 23.9 Å². The summed E-state index contributed by atoms with van der Waals surface area (Å²) in [4.78, 5) is 61.9. The number of aliphatic hydroxyl groups excluding tert-OH is 3. The highest BCUT2D eigenvalue weighted by Gasteiger charge is 2.52. The normalized spacial score (nSPS) is 29.9. The van der Waals surface area contributed by atoms with Gasteiger partial charge in [-0.2, -0.15) is 0 Å². The van der Waals surface area contributed by atoms with Gasteiger partial charge < -0.3 is 50.4 Å². The molecule has 1 saturated heterocycles. The highest BCUT2D eigenvalue weighted by Crippen LogP contribution is 2.34. The topological polar surface area (TPSA) is 262 Å². The van der Waals surface area contributed by atoms with Crippen molar-refractivity contribution in [1.82, 2.24) is 14.9 Å². The Bertz CT molecular complexity index is 1240. The molecule has 9 atom stereocenters. The van der Waals surface area contributed by atoms with E-state index < -0.39 is 90.0 Å². The third-order valence-electron chi connectivity index (χ3n) is 5.93. The Morgan fingerprint density at radius 2 is 1.97 bits per heavy atom. The molecule has 0 saturated carbocycles. The second-order valence-corrected chi connectivity index (χ2v) is 8.55. The number of aromatic nitrogens is 2. The van der Waals surface area contributed by atoms with Gasteiger partial charge in [0.15, 0.2) is 18.1 Å². The van der Waals surface area contributed by atoms with E-state index in [9.17, 15) is 44.4 Å². The van der Waals surface area contributed by atoms with Crippen LogP contribution in [0.25, 0.3) is 0 Å². The second kappa shape index (κ2) is 12.3. The van der Waals surface area contributed by atoms with Gasteiger partial charge in [0.25, 0.3) is 11.5 Å². The molecule has 2 aliphatic rings. The van der Waals surface area contributed by atoms with Gasteiger partial charge in [0, 0.05) is 19.4 Å². The third kappa shape index (κ3) is 6.41. The Kier molecular flexibility index (Phi) is 9.38. The molecule has 0 aliphatic carbocycles. The molecule has 1 aromatic rings. The highest BCUT2D eigenvalue weighted by molar-refractivity contribution is 5.94. The van der Waals surface area contributed by atoms with E-state index in [0.717, 1.165) is 30.0 Å². The lowest BCUT2D eigenvalue weighted by molar-refractivity contribution is -0.241. The third-order valence-corrected chi connectivity index (χ3v) is 5.93. The van der Waals surface area contributed by atoms with E-state index in [0.29, 0.717) is 0 Å².